The maximum Gasteiger partial charge on any atom is 0.307 e. The van der Waals surface area contributed by atoms with Crippen LogP contribution in [-0.4, -0.2) is 36.6 Å². The second-order valence-corrected chi connectivity index (χ2v) is 3.41. The molecule has 3 heteroatoms. The number of hydrogen-bond acceptors (Lipinski definition) is 3. The largest absolute Gasteiger partial charge is 0.466 e. The van der Waals surface area contributed by atoms with Gasteiger partial charge in [0.25, 0.3) is 0 Å². The minimum absolute atomic E-state index is 0.0680. The van der Waals surface area contributed by atoms with Crippen molar-refractivity contribution in [2.24, 2.45) is 0 Å². The van der Waals surface area contributed by atoms with E-state index in [0.29, 0.717) is 13.0 Å². The summed E-state index contributed by atoms with van der Waals surface area (Å²) in [5.41, 5.74) is 0. The Balaban J connectivity index is 2.11. The van der Waals surface area contributed by atoms with Crippen LogP contribution < -0.4 is 0 Å². The Morgan fingerprint density at radius 3 is 2.62 bits per heavy atom. The lowest BCUT2D eigenvalue weighted by Crippen LogP contribution is -2.28. The summed E-state index contributed by atoms with van der Waals surface area (Å²) in [6, 6.07) is 0.749. The first-order valence-electron chi connectivity index (χ1n) is 5.17. The van der Waals surface area contributed by atoms with Crippen molar-refractivity contribution < 1.29 is 9.53 Å². The Bertz CT molecular complexity index is 166. The summed E-state index contributed by atoms with van der Waals surface area (Å²) in [6.07, 6.45) is 3.14. The van der Waals surface area contributed by atoms with Gasteiger partial charge >= 0.3 is 5.97 Å². The molecule has 0 spiro atoms. The monoisotopic (exact) mass is 185 g/mol. The highest BCUT2D eigenvalue weighted by atomic mass is 16.5. The first-order valence-corrected chi connectivity index (χ1v) is 5.17. The lowest BCUT2D eigenvalue weighted by Gasteiger charge is -2.18. The fourth-order valence-electron chi connectivity index (χ4n) is 1.51. The Morgan fingerprint density at radius 2 is 2.15 bits per heavy atom. The molecule has 0 bridgehead atoms. The second-order valence-electron chi connectivity index (χ2n) is 3.41. The van der Waals surface area contributed by atoms with Gasteiger partial charge in [-0.05, 0) is 26.3 Å². The topological polar surface area (TPSA) is 29.5 Å². The molecule has 1 rings (SSSR count). The van der Waals surface area contributed by atoms with E-state index in [0.717, 1.165) is 19.1 Å². The molecule has 3 nitrogen and oxygen atoms in total. The van der Waals surface area contributed by atoms with Gasteiger partial charge in [0.2, 0.25) is 0 Å². The fraction of sp³-hybridized carbons (Fsp3) is 0.900. The minimum atomic E-state index is -0.0680. The number of rotatable bonds is 6. The summed E-state index contributed by atoms with van der Waals surface area (Å²) >= 11 is 0. The van der Waals surface area contributed by atoms with Crippen molar-refractivity contribution in [2.45, 2.75) is 39.2 Å². The van der Waals surface area contributed by atoms with Gasteiger partial charge in [0.15, 0.2) is 0 Å². The number of nitrogens with zero attached hydrogens (tertiary/aromatic N) is 1. The third-order valence-corrected chi connectivity index (χ3v) is 2.38. The Morgan fingerprint density at radius 1 is 1.46 bits per heavy atom. The van der Waals surface area contributed by atoms with E-state index in [1.54, 1.807) is 0 Å². The van der Waals surface area contributed by atoms with Crippen LogP contribution in [0, 0.1) is 0 Å². The van der Waals surface area contributed by atoms with Crippen LogP contribution in [-0.2, 0) is 9.53 Å². The van der Waals surface area contributed by atoms with E-state index in [1.807, 2.05) is 6.92 Å². The Labute approximate surface area is 80.1 Å². The van der Waals surface area contributed by atoms with Gasteiger partial charge in [0.05, 0.1) is 13.0 Å². The predicted octanol–water partition coefficient (Wildman–Crippen LogP) is 1.42. The van der Waals surface area contributed by atoms with Crippen LogP contribution in [0.15, 0.2) is 0 Å². The van der Waals surface area contributed by atoms with Crippen LogP contribution in [0.5, 0.6) is 0 Å². The number of ether oxygens (including phenoxy) is 1. The second kappa shape index (κ2) is 5.22. The third-order valence-electron chi connectivity index (χ3n) is 2.38. The molecule has 0 atom stereocenters. The molecule has 0 aromatic rings. The highest BCUT2D eigenvalue weighted by molar-refractivity contribution is 5.69. The van der Waals surface area contributed by atoms with Gasteiger partial charge in [-0.15, -0.1) is 0 Å². The molecule has 0 amide bonds. The van der Waals surface area contributed by atoms with E-state index in [9.17, 15) is 4.79 Å². The maximum absolute atomic E-state index is 11.1. The molecule has 1 saturated carbocycles. The Kier molecular flexibility index (Phi) is 4.22. The molecular weight excluding hydrogens is 166 g/mol. The van der Waals surface area contributed by atoms with Gasteiger partial charge in [-0.1, -0.05) is 6.92 Å². The molecule has 0 saturated heterocycles. The number of esters is 1. The molecule has 1 aliphatic carbocycles. The normalized spacial score (nSPS) is 16.2. The molecule has 1 fully saturated rings. The predicted molar refractivity (Wildman–Crippen MR) is 51.5 cm³/mol. The summed E-state index contributed by atoms with van der Waals surface area (Å²) in [6.45, 7) is 6.39. The first kappa shape index (κ1) is 10.5. The standard InChI is InChI=1S/C10H19NO2/c1-3-11(9-5-6-9)8-7-10(12)13-4-2/h9H,3-8H2,1-2H3. The summed E-state index contributed by atoms with van der Waals surface area (Å²) in [4.78, 5) is 13.4. The van der Waals surface area contributed by atoms with Crippen LogP contribution in [0.1, 0.15) is 33.1 Å². The number of hydrogen-bond donors (Lipinski definition) is 0. The third kappa shape index (κ3) is 3.77. The molecular formula is C10H19NO2. The van der Waals surface area contributed by atoms with Gasteiger partial charge in [-0.25, -0.2) is 0 Å². The molecule has 76 valence electrons. The van der Waals surface area contributed by atoms with Gasteiger partial charge < -0.3 is 9.64 Å². The van der Waals surface area contributed by atoms with Gasteiger partial charge in [0, 0.05) is 12.6 Å². The van der Waals surface area contributed by atoms with Crippen molar-refractivity contribution in [3.63, 3.8) is 0 Å². The molecule has 0 heterocycles. The molecule has 0 aromatic carbocycles. The maximum atomic E-state index is 11.1. The van der Waals surface area contributed by atoms with Crippen LogP contribution in [0.4, 0.5) is 0 Å². The number of carbonyl (C=O) groups is 1. The molecule has 0 unspecified atom stereocenters. The SMILES string of the molecule is CCOC(=O)CCN(CC)C1CC1. The lowest BCUT2D eigenvalue weighted by molar-refractivity contribution is -0.143. The highest BCUT2D eigenvalue weighted by Gasteiger charge is 2.27. The Hall–Kier alpha value is -0.570. The highest BCUT2D eigenvalue weighted by Crippen LogP contribution is 2.26. The first-order chi connectivity index (χ1) is 6.27. The average Bonchev–Trinajstić information content (AvgIpc) is 2.90. The van der Waals surface area contributed by atoms with Crippen LogP contribution >= 0.6 is 0 Å². The zero-order valence-electron chi connectivity index (χ0n) is 8.58. The van der Waals surface area contributed by atoms with Gasteiger partial charge in [-0.2, -0.15) is 0 Å². The summed E-state index contributed by atoms with van der Waals surface area (Å²) in [5, 5.41) is 0. The molecule has 0 radical (unpaired) electrons. The van der Waals surface area contributed by atoms with Crippen molar-refractivity contribution in [3.8, 4) is 0 Å². The van der Waals surface area contributed by atoms with Crippen LogP contribution in [0.3, 0.4) is 0 Å². The van der Waals surface area contributed by atoms with E-state index < -0.39 is 0 Å². The molecule has 0 N–H and O–H groups in total. The van der Waals surface area contributed by atoms with Crippen molar-refractivity contribution in [1.82, 2.24) is 4.90 Å². The smallest absolute Gasteiger partial charge is 0.307 e. The molecule has 13 heavy (non-hydrogen) atoms. The molecule has 0 aliphatic heterocycles. The van der Waals surface area contributed by atoms with E-state index in [1.165, 1.54) is 12.8 Å². The summed E-state index contributed by atoms with van der Waals surface area (Å²) in [7, 11) is 0. The lowest BCUT2D eigenvalue weighted by atomic mass is 10.3. The summed E-state index contributed by atoms with van der Waals surface area (Å²) < 4.78 is 4.87. The van der Waals surface area contributed by atoms with Crippen molar-refractivity contribution in [3.05, 3.63) is 0 Å². The number of carbonyl (C=O) groups excluding carboxylic acids is 1. The zero-order valence-corrected chi connectivity index (χ0v) is 8.58. The van der Waals surface area contributed by atoms with Crippen LogP contribution in [0.2, 0.25) is 0 Å². The van der Waals surface area contributed by atoms with Crippen molar-refractivity contribution in [2.75, 3.05) is 19.7 Å². The zero-order chi connectivity index (χ0) is 9.68. The quantitative estimate of drug-likeness (QED) is 0.586. The molecule has 1 aliphatic rings. The van der Waals surface area contributed by atoms with Crippen molar-refractivity contribution in [1.29, 1.82) is 0 Å². The van der Waals surface area contributed by atoms with E-state index in [2.05, 4.69) is 11.8 Å². The van der Waals surface area contributed by atoms with Gasteiger partial charge in [0.1, 0.15) is 0 Å². The fourth-order valence-corrected chi connectivity index (χ4v) is 1.51. The minimum Gasteiger partial charge on any atom is -0.466 e. The van der Waals surface area contributed by atoms with Crippen LogP contribution in [0.25, 0.3) is 0 Å². The van der Waals surface area contributed by atoms with E-state index >= 15 is 0 Å². The average molecular weight is 185 g/mol. The van der Waals surface area contributed by atoms with Crippen molar-refractivity contribution >= 4 is 5.97 Å². The van der Waals surface area contributed by atoms with Gasteiger partial charge in [-0.3, -0.25) is 4.79 Å². The van der Waals surface area contributed by atoms with E-state index in [-0.39, 0.29) is 5.97 Å². The van der Waals surface area contributed by atoms with E-state index in [4.69, 9.17) is 4.74 Å². The molecule has 0 aromatic heterocycles. The summed E-state index contributed by atoms with van der Waals surface area (Å²) in [5.74, 6) is -0.0680.